The summed E-state index contributed by atoms with van der Waals surface area (Å²) in [5.41, 5.74) is 0. The molecule has 0 fully saturated rings. The number of carboxylic acids is 1. The lowest BCUT2D eigenvalue weighted by Crippen LogP contribution is -2.45. The second-order valence-electron chi connectivity index (χ2n) is 3.06. The highest BCUT2D eigenvalue weighted by Crippen LogP contribution is 2.01. The summed E-state index contributed by atoms with van der Waals surface area (Å²) in [4.78, 5) is 21.6. The van der Waals surface area contributed by atoms with Crippen LogP contribution in [0.2, 0.25) is 0 Å². The van der Waals surface area contributed by atoms with Crippen molar-refractivity contribution in [1.29, 1.82) is 0 Å². The van der Waals surface area contributed by atoms with E-state index in [0.717, 1.165) is 0 Å². The predicted molar refractivity (Wildman–Crippen MR) is 46.3 cm³/mol. The molecule has 0 aromatic rings. The van der Waals surface area contributed by atoms with Gasteiger partial charge in [-0.05, 0) is 5.92 Å². The minimum absolute atomic E-state index is 0.115. The van der Waals surface area contributed by atoms with Gasteiger partial charge >= 0.3 is 5.97 Å². The number of aliphatic carboxylic acids is 1. The molecule has 13 heavy (non-hydrogen) atoms. The zero-order valence-corrected chi connectivity index (χ0v) is 8.03. The molecular formula is C8H15NO4. The Hall–Kier alpha value is -1.10. The standard InChI is InChI=1S/C8H15NO4/c1-5(2)7(8(11)12)9-6(10)4-13-3/h5,7H,4H2,1-3H3,(H,9,10)(H,11,12). The Balaban J connectivity index is 4.10. The van der Waals surface area contributed by atoms with E-state index in [2.05, 4.69) is 10.1 Å². The maximum atomic E-state index is 11.0. The van der Waals surface area contributed by atoms with Crippen LogP contribution in [0.4, 0.5) is 0 Å². The van der Waals surface area contributed by atoms with Gasteiger partial charge in [-0.15, -0.1) is 0 Å². The van der Waals surface area contributed by atoms with Gasteiger partial charge in [-0.25, -0.2) is 4.79 Å². The molecule has 5 heteroatoms. The minimum Gasteiger partial charge on any atom is -0.480 e. The van der Waals surface area contributed by atoms with Crippen molar-refractivity contribution >= 4 is 11.9 Å². The molecule has 0 aliphatic carbocycles. The van der Waals surface area contributed by atoms with Crippen LogP contribution in [0, 0.1) is 5.92 Å². The first-order chi connectivity index (χ1) is 5.99. The largest absolute Gasteiger partial charge is 0.480 e. The van der Waals surface area contributed by atoms with Crippen LogP contribution in [-0.2, 0) is 14.3 Å². The van der Waals surface area contributed by atoms with Crippen LogP contribution in [0.15, 0.2) is 0 Å². The SMILES string of the molecule is COCC(=O)NC(C(=O)O)C(C)C. The van der Waals surface area contributed by atoms with Gasteiger partial charge in [-0.3, -0.25) is 4.79 Å². The van der Waals surface area contributed by atoms with Gasteiger partial charge in [0.05, 0.1) is 0 Å². The van der Waals surface area contributed by atoms with Crippen molar-refractivity contribution in [3.8, 4) is 0 Å². The topological polar surface area (TPSA) is 75.6 Å². The van der Waals surface area contributed by atoms with Crippen LogP contribution in [0.3, 0.4) is 0 Å². The van der Waals surface area contributed by atoms with Crippen LogP contribution in [0.1, 0.15) is 13.8 Å². The highest BCUT2D eigenvalue weighted by molar-refractivity contribution is 5.84. The molecular weight excluding hydrogens is 174 g/mol. The number of hydrogen-bond donors (Lipinski definition) is 2. The van der Waals surface area contributed by atoms with Crippen LogP contribution in [-0.4, -0.2) is 36.7 Å². The quantitative estimate of drug-likeness (QED) is 0.631. The van der Waals surface area contributed by atoms with E-state index in [4.69, 9.17) is 5.11 Å². The number of methoxy groups -OCH3 is 1. The number of rotatable bonds is 5. The summed E-state index contributed by atoms with van der Waals surface area (Å²) < 4.78 is 4.56. The predicted octanol–water partition coefficient (Wildman–Crippen LogP) is -0.142. The molecule has 0 rings (SSSR count). The van der Waals surface area contributed by atoms with Gasteiger partial charge in [-0.2, -0.15) is 0 Å². The van der Waals surface area contributed by atoms with Gasteiger partial charge in [0.15, 0.2) is 0 Å². The Kier molecular flexibility index (Phi) is 5.06. The molecule has 0 aromatic carbocycles. The Labute approximate surface area is 77.1 Å². The van der Waals surface area contributed by atoms with E-state index < -0.39 is 17.9 Å². The molecule has 1 atom stereocenters. The molecule has 0 saturated heterocycles. The number of nitrogens with one attached hydrogen (secondary N) is 1. The minimum atomic E-state index is -1.03. The summed E-state index contributed by atoms with van der Waals surface area (Å²) in [5.74, 6) is -1.58. The second-order valence-corrected chi connectivity index (χ2v) is 3.06. The number of ether oxygens (including phenoxy) is 1. The van der Waals surface area contributed by atoms with Crippen molar-refractivity contribution in [2.75, 3.05) is 13.7 Å². The zero-order valence-electron chi connectivity index (χ0n) is 8.03. The smallest absolute Gasteiger partial charge is 0.326 e. The van der Waals surface area contributed by atoms with E-state index >= 15 is 0 Å². The van der Waals surface area contributed by atoms with E-state index in [9.17, 15) is 9.59 Å². The molecule has 0 bridgehead atoms. The Bertz CT molecular complexity index is 191. The molecule has 0 saturated carbocycles. The number of hydrogen-bond acceptors (Lipinski definition) is 3. The third-order valence-corrected chi connectivity index (χ3v) is 1.52. The maximum absolute atomic E-state index is 11.0. The molecule has 0 aromatic heterocycles. The number of carbonyl (C=O) groups excluding carboxylic acids is 1. The van der Waals surface area contributed by atoms with Crippen LogP contribution >= 0.6 is 0 Å². The first-order valence-corrected chi connectivity index (χ1v) is 4.00. The molecule has 1 unspecified atom stereocenters. The lowest BCUT2D eigenvalue weighted by Gasteiger charge is -2.17. The van der Waals surface area contributed by atoms with Crippen LogP contribution in [0.5, 0.6) is 0 Å². The van der Waals surface area contributed by atoms with Gasteiger partial charge < -0.3 is 15.2 Å². The molecule has 0 radical (unpaired) electrons. The summed E-state index contributed by atoms with van der Waals surface area (Å²) in [7, 11) is 1.38. The van der Waals surface area contributed by atoms with Gasteiger partial charge in [0.2, 0.25) is 5.91 Å². The van der Waals surface area contributed by atoms with E-state index in [1.54, 1.807) is 13.8 Å². The second kappa shape index (κ2) is 5.53. The number of carbonyl (C=O) groups is 2. The summed E-state index contributed by atoms with van der Waals surface area (Å²) in [6.45, 7) is 3.34. The first kappa shape index (κ1) is 11.9. The summed E-state index contributed by atoms with van der Waals surface area (Å²) >= 11 is 0. The van der Waals surface area contributed by atoms with Crippen molar-refractivity contribution < 1.29 is 19.4 Å². The van der Waals surface area contributed by atoms with Gasteiger partial charge in [0.1, 0.15) is 12.6 Å². The van der Waals surface area contributed by atoms with Crippen molar-refractivity contribution in [1.82, 2.24) is 5.32 Å². The van der Waals surface area contributed by atoms with Crippen molar-refractivity contribution in [3.05, 3.63) is 0 Å². The molecule has 0 heterocycles. The fraction of sp³-hybridized carbons (Fsp3) is 0.750. The van der Waals surface area contributed by atoms with Crippen molar-refractivity contribution in [3.63, 3.8) is 0 Å². The van der Waals surface area contributed by atoms with E-state index in [0.29, 0.717) is 0 Å². The third-order valence-electron chi connectivity index (χ3n) is 1.52. The number of carboxylic acid groups (broad SMARTS) is 1. The lowest BCUT2D eigenvalue weighted by atomic mass is 10.1. The molecule has 0 spiro atoms. The molecule has 76 valence electrons. The summed E-state index contributed by atoms with van der Waals surface area (Å²) in [5, 5.41) is 11.1. The van der Waals surface area contributed by atoms with E-state index in [1.165, 1.54) is 7.11 Å². The van der Waals surface area contributed by atoms with Crippen molar-refractivity contribution in [2.45, 2.75) is 19.9 Å². The fourth-order valence-corrected chi connectivity index (χ4v) is 0.860. The van der Waals surface area contributed by atoms with Gasteiger partial charge in [0.25, 0.3) is 0 Å². The summed E-state index contributed by atoms with van der Waals surface area (Å²) in [6.07, 6.45) is 0. The van der Waals surface area contributed by atoms with Crippen LogP contribution in [0.25, 0.3) is 0 Å². The van der Waals surface area contributed by atoms with E-state index in [1.807, 2.05) is 0 Å². The average Bonchev–Trinajstić information content (AvgIpc) is 1.99. The Morgan fingerprint density at radius 2 is 2.00 bits per heavy atom. The van der Waals surface area contributed by atoms with Crippen LogP contribution < -0.4 is 5.32 Å². The monoisotopic (exact) mass is 189 g/mol. The molecule has 0 aliphatic heterocycles. The molecule has 2 N–H and O–H groups in total. The van der Waals surface area contributed by atoms with Gasteiger partial charge in [-0.1, -0.05) is 13.8 Å². The normalized spacial score (nSPS) is 12.6. The third kappa shape index (κ3) is 4.47. The van der Waals surface area contributed by atoms with Crippen molar-refractivity contribution in [2.24, 2.45) is 5.92 Å². The number of amides is 1. The molecule has 5 nitrogen and oxygen atoms in total. The molecule has 1 amide bonds. The lowest BCUT2D eigenvalue weighted by molar-refractivity contribution is -0.143. The highest BCUT2D eigenvalue weighted by Gasteiger charge is 2.22. The highest BCUT2D eigenvalue weighted by atomic mass is 16.5. The molecule has 0 aliphatic rings. The zero-order chi connectivity index (χ0) is 10.4. The fourth-order valence-electron chi connectivity index (χ4n) is 0.860. The average molecular weight is 189 g/mol. The van der Waals surface area contributed by atoms with E-state index in [-0.39, 0.29) is 12.5 Å². The summed E-state index contributed by atoms with van der Waals surface area (Å²) in [6, 6.07) is -0.845. The maximum Gasteiger partial charge on any atom is 0.326 e. The first-order valence-electron chi connectivity index (χ1n) is 4.00. The Morgan fingerprint density at radius 3 is 2.31 bits per heavy atom. The van der Waals surface area contributed by atoms with Gasteiger partial charge in [0, 0.05) is 7.11 Å². The Morgan fingerprint density at radius 1 is 1.46 bits per heavy atom.